The molecule has 5 nitrogen and oxygen atoms in total. The largest absolute Gasteiger partial charge is 0.312 e. The summed E-state index contributed by atoms with van der Waals surface area (Å²) in [7, 11) is 0. The van der Waals surface area contributed by atoms with Crippen LogP contribution in [-0.4, -0.2) is 26.1 Å². The van der Waals surface area contributed by atoms with Gasteiger partial charge < -0.3 is 5.32 Å². The number of nitrogens with zero attached hydrogens (tertiary/aromatic N) is 4. The molecule has 3 aromatic rings. The molecule has 0 radical (unpaired) electrons. The summed E-state index contributed by atoms with van der Waals surface area (Å²) in [5.41, 5.74) is 6.26. The van der Waals surface area contributed by atoms with Crippen LogP contribution in [0.25, 0.3) is 5.69 Å². The molecule has 0 saturated carbocycles. The fraction of sp³-hybridized carbons (Fsp3) is 0.368. The molecule has 0 spiro atoms. The molecule has 1 aliphatic heterocycles. The van der Waals surface area contributed by atoms with Gasteiger partial charge in [-0.3, -0.25) is 4.68 Å². The highest BCUT2D eigenvalue weighted by molar-refractivity contribution is 5.33. The molecule has 0 fully saturated rings. The van der Waals surface area contributed by atoms with Crippen LogP contribution >= 0.6 is 0 Å². The Kier molecular flexibility index (Phi) is 3.94. The lowest BCUT2D eigenvalue weighted by Crippen LogP contribution is -2.25. The average molecular weight is 321 g/mol. The van der Waals surface area contributed by atoms with Crippen LogP contribution in [0.3, 0.4) is 0 Å². The van der Waals surface area contributed by atoms with E-state index in [1.807, 2.05) is 29.1 Å². The van der Waals surface area contributed by atoms with Crippen molar-refractivity contribution in [2.45, 2.75) is 39.3 Å². The molecule has 1 N–H and O–H groups in total. The standard InChI is InChI=1S/C19H23N5/c1-14(2)19-17-11-20-9-8-18(17)24(22-19)13-15-10-21-23(12-15)16-6-4-3-5-7-16/h3-7,10,12,14,20H,8-9,11,13H2,1-2H3. The molecule has 124 valence electrons. The molecule has 3 heterocycles. The zero-order chi connectivity index (χ0) is 16.5. The maximum absolute atomic E-state index is 4.91. The van der Waals surface area contributed by atoms with Gasteiger partial charge in [0.2, 0.25) is 0 Å². The van der Waals surface area contributed by atoms with Crippen molar-refractivity contribution in [1.82, 2.24) is 24.9 Å². The molecule has 2 aromatic heterocycles. The molecule has 5 heteroatoms. The lowest BCUT2D eigenvalue weighted by Gasteiger charge is -2.16. The Hall–Kier alpha value is -2.40. The van der Waals surface area contributed by atoms with Gasteiger partial charge in [-0.25, -0.2) is 4.68 Å². The van der Waals surface area contributed by atoms with Gasteiger partial charge in [-0.1, -0.05) is 32.0 Å². The van der Waals surface area contributed by atoms with Crippen molar-refractivity contribution >= 4 is 0 Å². The molecule has 1 aliphatic rings. The van der Waals surface area contributed by atoms with Gasteiger partial charge in [0, 0.05) is 42.5 Å². The minimum atomic E-state index is 0.451. The van der Waals surface area contributed by atoms with Crippen molar-refractivity contribution < 1.29 is 0 Å². The van der Waals surface area contributed by atoms with Gasteiger partial charge in [0.05, 0.1) is 24.1 Å². The number of aromatic nitrogens is 4. The van der Waals surface area contributed by atoms with Crippen LogP contribution in [0.1, 0.15) is 42.3 Å². The van der Waals surface area contributed by atoms with E-state index in [-0.39, 0.29) is 0 Å². The Balaban J connectivity index is 1.63. The van der Waals surface area contributed by atoms with Crippen LogP contribution in [0, 0.1) is 0 Å². The summed E-state index contributed by atoms with van der Waals surface area (Å²) in [5.74, 6) is 0.451. The fourth-order valence-electron chi connectivity index (χ4n) is 3.38. The first-order valence-corrected chi connectivity index (χ1v) is 8.60. The second-order valence-electron chi connectivity index (χ2n) is 6.68. The molecular weight excluding hydrogens is 298 g/mol. The number of hydrogen-bond acceptors (Lipinski definition) is 3. The Morgan fingerprint density at radius 2 is 2.04 bits per heavy atom. The highest BCUT2D eigenvalue weighted by Gasteiger charge is 2.22. The molecule has 0 bridgehead atoms. The average Bonchev–Trinajstić information content (AvgIpc) is 3.22. The van der Waals surface area contributed by atoms with Crippen molar-refractivity contribution in [3.05, 3.63) is 65.2 Å². The molecule has 0 atom stereocenters. The molecule has 4 rings (SSSR count). The van der Waals surface area contributed by atoms with E-state index in [0.717, 1.165) is 31.7 Å². The van der Waals surface area contributed by atoms with E-state index in [2.05, 4.69) is 47.3 Å². The minimum Gasteiger partial charge on any atom is -0.312 e. The van der Waals surface area contributed by atoms with Crippen LogP contribution in [0.15, 0.2) is 42.7 Å². The number of rotatable bonds is 4. The third kappa shape index (κ3) is 2.76. The summed E-state index contributed by atoms with van der Waals surface area (Å²) in [6.07, 6.45) is 5.08. The highest BCUT2D eigenvalue weighted by Crippen LogP contribution is 2.25. The maximum Gasteiger partial charge on any atom is 0.0697 e. The fourth-order valence-corrected chi connectivity index (χ4v) is 3.38. The van der Waals surface area contributed by atoms with Gasteiger partial charge in [-0.15, -0.1) is 0 Å². The van der Waals surface area contributed by atoms with E-state index >= 15 is 0 Å². The molecule has 0 amide bonds. The predicted octanol–water partition coefficient (Wildman–Crippen LogP) is 2.89. The van der Waals surface area contributed by atoms with E-state index in [1.54, 1.807) is 0 Å². The summed E-state index contributed by atoms with van der Waals surface area (Å²) in [4.78, 5) is 0. The number of para-hydroxylation sites is 1. The zero-order valence-corrected chi connectivity index (χ0v) is 14.2. The Labute approximate surface area is 142 Å². The van der Waals surface area contributed by atoms with E-state index in [9.17, 15) is 0 Å². The van der Waals surface area contributed by atoms with E-state index in [0.29, 0.717) is 5.92 Å². The smallest absolute Gasteiger partial charge is 0.0697 e. The lowest BCUT2D eigenvalue weighted by molar-refractivity contribution is 0.582. The Bertz CT molecular complexity index is 829. The third-order valence-electron chi connectivity index (χ3n) is 4.57. The summed E-state index contributed by atoms with van der Waals surface area (Å²) in [6, 6.07) is 10.2. The highest BCUT2D eigenvalue weighted by atomic mass is 15.3. The first-order chi connectivity index (χ1) is 11.7. The number of fused-ring (bicyclic) bond motifs is 1. The monoisotopic (exact) mass is 321 g/mol. The molecule has 1 aromatic carbocycles. The summed E-state index contributed by atoms with van der Waals surface area (Å²) < 4.78 is 4.11. The van der Waals surface area contributed by atoms with Crippen molar-refractivity contribution in [2.24, 2.45) is 0 Å². The molecule has 0 saturated heterocycles. The van der Waals surface area contributed by atoms with Crippen LogP contribution in [0.2, 0.25) is 0 Å². The van der Waals surface area contributed by atoms with Crippen LogP contribution < -0.4 is 5.32 Å². The van der Waals surface area contributed by atoms with Crippen LogP contribution in [-0.2, 0) is 19.5 Å². The Morgan fingerprint density at radius 1 is 1.21 bits per heavy atom. The zero-order valence-electron chi connectivity index (χ0n) is 14.2. The normalized spacial score (nSPS) is 14.1. The van der Waals surface area contributed by atoms with Crippen molar-refractivity contribution in [3.8, 4) is 5.69 Å². The molecule has 0 unspecified atom stereocenters. The number of nitrogens with one attached hydrogen (secondary N) is 1. The predicted molar refractivity (Wildman–Crippen MR) is 94.4 cm³/mol. The topological polar surface area (TPSA) is 47.7 Å². The lowest BCUT2D eigenvalue weighted by atomic mass is 10.0. The summed E-state index contributed by atoms with van der Waals surface area (Å²) >= 11 is 0. The second kappa shape index (κ2) is 6.24. The number of hydrogen-bond donors (Lipinski definition) is 1. The van der Waals surface area contributed by atoms with Gasteiger partial charge in [-0.05, 0) is 18.1 Å². The quantitative estimate of drug-likeness (QED) is 0.804. The van der Waals surface area contributed by atoms with E-state index < -0.39 is 0 Å². The third-order valence-corrected chi connectivity index (χ3v) is 4.57. The van der Waals surface area contributed by atoms with E-state index in [4.69, 9.17) is 5.10 Å². The van der Waals surface area contributed by atoms with Crippen molar-refractivity contribution in [3.63, 3.8) is 0 Å². The number of benzene rings is 1. The summed E-state index contributed by atoms with van der Waals surface area (Å²) in [5, 5.41) is 12.9. The van der Waals surface area contributed by atoms with Crippen LogP contribution in [0.4, 0.5) is 0 Å². The van der Waals surface area contributed by atoms with Gasteiger partial charge in [-0.2, -0.15) is 10.2 Å². The Morgan fingerprint density at radius 3 is 2.83 bits per heavy atom. The van der Waals surface area contributed by atoms with E-state index in [1.165, 1.54) is 22.5 Å². The second-order valence-corrected chi connectivity index (χ2v) is 6.68. The first-order valence-electron chi connectivity index (χ1n) is 8.60. The van der Waals surface area contributed by atoms with Crippen molar-refractivity contribution in [1.29, 1.82) is 0 Å². The van der Waals surface area contributed by atoms with Gasteiger partial charge in [0.15, 0.2) is 0 Å². The van der Waals surface area contributed by atoms with Crippen molar-refractivity contribution in [2.75, 3.05) is 6.54 Å². The van der Waals surface area contributed by atoms with Gasteiger partial charge >= 0.3 is 0 Å². The van der Waals surface area contributed by atoms with Gasteiger partial charge in [0.1, 0.15) is 0 Å². The maximum atomic E-state index is 4.91. The van der Waals surface area contributed by atoms with Crippen LogP contribution in [0.5, 0.6) is 0 Å². The summed E-state index contributed by atoms with van der Waals surface area (Å²) in [6.45, 7) is 7.18. The molecular formula is C19H23N5. The SMILES string of the molecule is CC(C)c1nn(Cc2cnn(-c3ccccc3)c2)c2c1CNCC2. The molecule has 0 aliphatic carbocycles. The minimum absolute atomic E-state index is 0.451. The molecule has 24 heavy (non-hydrogen) atoms. The van der Waals surface area contributed by atoms with Gasteiger partial charge in [0.25, 0.3) is 0 Å². The first kappa shape index (κ1) is 15.1.